The van der Waals surface area contributed by atoms with Crippen molar-refractivity contribution in [2.24, 2.45) is 5.73 Å². The van der Waals surface area contributed by atoms with Gasteiger partial charge >= 0.3 is 0 Å². The van der Waals surface area contributed by atoms with Crippen LogP contribution < -0.4 is 5.73 Å². The van der Waals surface area contributed by atoms with Gasteiger partial charge in [0.1, 0.15) is 0 Å². The molecule has 0 heterocycles. The molecule has 1 aromatic rings. The molecule has 0 fully saturated rings. The third kappa shape index (κ3) is 2.44. The molecule has 0 amide bonds. The first kappa shape index (κ1) is 10.5. The van der Waals surface area contributed by atoms with Crippen LogP contribution >= 0.6 is 11.6 Å². The lowest BCUT2D eigenvalue weighted by molar-refractivity contribution is 0.164. The molecule has 1 aromatic carbocycles. The molecule has 0 aliphatic carbocycles. The van der Waals surface area contributed by atoms with E-state index in [4.69, 9.17) is 17.3 Å². The Morgan fingerprint density at radius 1 is 1.46 bits per heavy atom. The fraction of sp³-hybridized carbons (Fsp3) is 0.400. The minimum Gasteiger partial charge on any atom is -0.391 e. The van der Waals surface area contributed by atoms with Crippen molar-refractivity contribution in [3.05, 3.63) is 34.3 Å². The van der Waals surface area contributed by atoms with E-state index in [-0.39, 0.29) is 6.04 Å². The van der Waals surface area contributed by atoms with Gasteiger partial charge in [0.15, 0.2) is 0 Å². The van der Waals surface area contributed by atoms with Crippen molar-refractivity contribution in [1.82, 2.24) is 0 Å². The summed E-state index contributed by atoms with van der Waals surface area (Å²) >= 11 is 5.93. The maximum Gasteiger partial charge on any atom is 0.0704 e. The summed E-state index contributed by atoms with van der Waals surface area (Å²) < 4.78 is 0. The summed E-state index contributed by atoms with van der Waals surface area (Å²) in [6.45, 7) is 3.60. The smallest absolute Gasteiger partial charge is 0.0704 e. The quantitative estimate of drug-likeness (QED) is 0.766. The van der Waals surface area contributed by atoms with Crippen molar-refractivity contribution in [1.29, 1.82) is 0 Å². The lowest BCUT2D eigenvalue weighted by Gasteiger charge is -2.15. The Morgan fingerprint density at radius 2 is 2.08 bits per heavy atom. The molecular formula is C10H14ClNO. The zero-order chi connectivity index (χ0) is 10.0. The summed E-state index contributed by atoms with van der Waals surface area (Å²) in [6.07, 6.45) is -0.557. The van der Waals surface area contributed by atoms with Gasteiger partial charge in [-0.05, 0) is 31.0 Å². The summed E-state index contributed by atoms with van der Waals surface area (Å²) in [6, 6.07) is 5.23. The standard InChI is InChI=1S/C10H14ClNO/c1-6-3-4-8(5-9(6)11)10(12)7(2)13/h3-5,7,10,13H,12H2,1-2H3/t7-,10+/m0/s1. The lowest BCUT2D eigenvalue weighted by Crippen LogP contribution is -2.23. The van der Waals surface area contributed by atoms with Crippen molar-refractivity contribution in [3.8, 4) is 0 Å². The molecule has 0 bridgehead atoms. The van der Waals surface area contributed by atoms with E-state index in [1.54, 1.807) is 13.0 Å². The summed E-state index contributed by atoms with van der Waals surface area (Å²) in [4.78, 5) is 0. The molecule has 0 saturated carbocycles. The number of hydrogen-bond donors (Lipinski definition) is 2. The summed E-state index contributed by atoms with van der Waals surface area (Å²) in [5.41, 5.74) is 7.63. The number of hydrogen-bond acceptors (Lipinski definition) is 2. The van der Waals surface area contributed by atoms with E-state index >= 15 is 0 Å². The molecule has 3 N–H and O–H groups in total. The number of benzene rings is 1. The summed E-state index contributed by atoms with van der Waals surface area (Å²) in [5.74, 6) is 0. The SMILES string of the molecule is Cc1ccc([C@H](N)[C@H](C)O)cc1Cl. The van der Waals surface area contributed by atoms with E-state index in [0.29, 0.717) is 5.02 Å². The molecule has 0 aliphatic heterocycles. The van der Waals surface area contributed by atoms with Crippen molar-refractivity contribution in [3.63, 3.8) is 0 Å². The van der Waals surface area contributed by atoms with E-state index in [9.17, 15) is 5.11 Å². The molecular weight excluding hydrogens is 186 g/mol. The minimum absolute atomic E-state index is 0.363. The Labute approximate surface area is 83.3 Å². The number of halogens is 1. The molecule has 1 rings (SSSR count). The number of rotatable bonds is 2. The first-order valence-electron chi connectivity index (χ1n) is 4.22. The van der Waals surface area contributed by atoms with Crippen molar-refractivity contribution < 1.29 is 5.11 Å². The Balaban J connectivity index is 2.97. The second-order valence-electron chi connectivity index (χ2n) is 3.28. The topological polar surface area (TPSA) is 46.2 Å². The molecule has 0 radical (unpaired) electrons. The number of aryl methyl sites for hydroxylation is 1. The second kappa shape index (κ2) is 4.09. The minimum atomic E-state index is -0.557. The Bertz CT molecular complexity index is 299. The maximum absolute atomic E-state index is 9.27. The van der Waals surface area contributed by atoms with Gasteiger partial charge < -0.3 is 10.8 Å². The highest BCUT2D eigenvalue weighted by molar-refractivity contribution is 6.31. The van der Waals surface area contributed by atoms with Crippen LogP contribution in [0, 0.1) is 6.92 Å². The van der Waals surface area contributed by atoms with Crippen LogP contribution in [0.3, 0.4) is 0 Å². The van der Waals surface area contributed by atoms with Gasteiger partial charge in [-0.1, -0.05) is 23.7 Å². The van der Waals surface area contributed by atoms with E-state index < -0.39 is 6.10 Å². The first-order chi connectivity index (χ1) is 6.02. The van der Waals surface area contributed by atoms with Crippen LogP contribution in [-0.2, 0) is 0 Å². The fourth-order valence-electron chi connectivity index (χ4n) is 1.09. The predicted molar refractivity (Wildman–Crippen MR) is 54.8 cm³/mol. The third-order valence-electron chi connectivity index (χ3n) is 2.10. The number of aliphatic hydroxyl groups excluding tert-OH is 1. The van der Waals surface area contributed by atoms with E-state index in [0.717, 1.165) is 11.1 Å². The molecule has 0 saturated heterocycles. The average Bonchev–Trinajstić information content (AvgIpc) is 2.08. The second-order valence-corrected chi connectivity index (χ2v) is 3.68. The van der Waals surface area contributed by atoms with Crippen molar-refractivity contribution in [2.75, 3.05) is 0 Å². The molecule has 2 atom stereocenters. The Hall–Kier alpha value is -0.570. The molecule has 0 aliphatic rings. The molecule has 13 heavy (non-hydrogen) atoms. The summed E-state index contributed by atoms with van der Waals surface area (Å²) in [5, 5.41) is 9.95. The van der Waals surface area contributed by atoms with Gasteiger partial charge in [-0.15, -0.1) is 0 Å². The van der Waals surface area contributed by atoms with E-state index in [1.165, 1.54) is 0 Å². The van der Waals surface area contributed by atoms with Crippen LogP contribution in [0.5, 0.6) is 0 Å². The van der Waals surface area contributed by atoms with Crippen LogP contribution in [0.25, 0.3) is 0 Å². The van der Waals surface area contributed by atoms with Crippen molar-refractivity contribution >= 4 is 11.6 Å². The zero-order valence-corrected chi connectivity index (χ0v) is 8.55. The normalized spacial score (nSPS) is 15.5. The van der Waals surface area contributed by atoms with Crippen LogP contribution in [0.4, 0.5) is 0 Å². The highest BCUT2D eigenvalue weighted by Gasteiger charge is 2.12. The van der Waals surface area contributed by atoms with Gasteiger partial charge in [0.2, 0.25) is 0 Å². The molecule has 2 nitrogen and oxygen atoms in total. The first-order valence-corrected chi connectivity index (χ1v) is 4.60. The van der Waals surface area contributed by atoms with Gasteiger partial charge in [0, 0.05) is 5.02 Å². The van der Waals surface area contributed by atoms with Gasteiger partial charge in [0.05, 0.1) is 12.1 Å². The number of aliphatic hydroxyl groups is 1. The molecule has 0 aromatic heterocycles. The van der Waals surface area contributed by atoms with Crippen LogP contribution in [0.15, 0.2) is 18.2 Å². The van der Waals surface area contributed by atoms with Gasteiger partial charge in [-0.2, -0.15) is 0 Å². The monoisotopic (exact) mass is 199 g/mol. The highest BCUT2D eigenvalue weighted by atomic mass is 35.5. The largest absolute Gasteiger partial charge is 0.391 e. The Kier molecular flexibility index (Phi) is 3.31. The highest BCUT2D eigenvalue weighted by Crippen LogP contribution is 2.21. The zero-order valence-electron chi connectivity index (χ0n) is 7.79. The lowest BCUT2D eigenvalue weighted by atomic mass is 10.0. The van der Waals surface area contributed by atoms with E-state index in [2.05, 4.69) is 0 Å². The maximum atomic E-state index is 9.27. The van der Waals surface area contributed by atoms with E-state index in [1.807, 2.05) is 19.1 Å². The molecule has 0 spiro atoms. The van der Waals surface area contributed by atoms with Gasteiger partial charge in [-0.25, -0.2) is 0 Å². The average molecular weight is 200 g/mol. The van der Waals surface area contributed by atoms with Crippen LogP contribution in [-0.4, -0.2) is 11.2 Å². The van der Waals surface area contributed by atoms with Crippen LogP contribution in [0.2, 0.25) is 5.02 Å². The summed E-state index contributed by atoms with van der Waals surface area (Å²) in [7, 11) is 0. The van der Waals surface area contributed by atoms with Crippen molar-refractivity contribution in [2.45, 2.75) is 26.0 Å². The molecule has 0 unspecified atom stereocenters. The third-order valence-corrected chi connectivity index (χ3v) is 2.51. The fourth-order valence-corrected chi connectivity index (χ4v) is 1.28. The van der Waals surface area contributed by atoms with Gasteiger partial charge in [0.25, 0.3) is 0 Å². The Morgan fingerprint density at radius 3 is 2.54 bits per heavy atom. The number of nitrogens with two attached hydrogens (primary N) is 1. The van der Waals surface area contributed by atoms with Gasteiger partial charge in [-0.3, -0.25) is 0 Å². The molecule has 3 heteroatoms. The predicted octanol–water partition coefficient (Wildman–Crippen LogP) is 2.03. The molecule has 72 valence electrons. The van der Waals surface area contributed by atoms with Crippen LogP contribution in [0.1, 0.15) is 24.1 Å².